The molecule has 1 aromatic rings. The van der Waals surface area contributed by atoms with Crippen molar-refractivity contribution in [1.82, 2.24) is 0 Å². The Morgan fingerprint density at radius 1 is 1.16 bits per heavy atom. The Balaban J connectivity index is 0.000000191. The summed E-state index contributed by atoms with van der Waals surface area (Å²) in [6.07, 6.45) is 8.19. The fourth-order valence-corrected chi connectivity index (χ4v) is 1.85. The Labute approximate surface area is 114 Å². The molecule has 0 aliphatic carbocycles. The highest BCUT2D eigenvalue weighted by Crippen LogP contribution is 2.08. The van der Waals surface area contributed by atoms with Gasteiger partial charge in [-0.15, -0.1) is 0 Å². The molecule has 0 spiro atoms. The molecule has 1 aromatic carbocycles. The Kier molecular flexibility index (Phi) is 5.02. The van der Waals surface area contributed by atoms with Crippen molar-refractivity contribution in [3.8, 4) is 0 Å². The first kappa shape index (κ1) is 15.6. The van der Waals surface area contributed by atoms with Crippen molar-refractivity contribution in [2.24, 2.45) is 5.73 Å². The molecule has 2 N–H and O–H groups in total. The maximum atomic E-state index is 10.3. The topological polar surface area (TPSA) is 83.2 Å². The average Bonchev–Trinajstić information content (AvgIpc) is 2.34. The molecular weight excluding hydrogens is 264 g/mol. The molecule has 1 heterocycles. The second kappa shape index (κ2) is 6.12. The largest absolute Gasteiger partial charge is 0.744 e. The van der Waals surface area contributed by atoms with Crippen LogP contribution in [0.2, 0.25) is 0 Å². The van der Waals surface area contributed by atoms with E-state index in [9.17, 15) is 13.0 Å². The molecule has 0 fully saturated rings. The van der Waals surface area contributed by atoms with Crippen molar-refractivity contribution in [1.29, 1.82) is 0 Å². The normalized spacial score (nSPS) is 20.5. The lowest BCUT2D eigenvalue weighted by molar-refractivity contribution is -0.858. The van der Waals surface area contributed by atoms with Gasteiger partial charge in [0.15, 0.2) is 6.17 Å². The molecule has 0 amide bonds. The summed E-state index contributed by atoms with van der Waals surface area (Å²) in [5.74, 6) is 0. The number of likely N-dealkylation sites (N-methyl/N-ethyl adjacent to an activating group) is 1. The molecule has 104 valence electrons. The number of benzene rings is 1. The number of hydrogen-bond donors (Lipinski definition) is 1. The molecule has 1 aliphatic heterocycles. The van der Waals surface area contributed by atoms with Crippen LogP contribution in [-0.2, 0) is 10.1 Å². The molecule has 1 atom stereocenters. The Morgan fingerprint density at radius 2 is 1.74 bits per heavy atom. The number of nitrogens with zero attached hydrogens (tertiary/aromatic N) is 1. The smallest absolute Gasteiger partial charge is 0.163 e. The second-order valence-electron chi connectivity index (χ2n) is 4.61. The summed E-state index contributed by atoms with van der Waals surface area (Å²) in [7, 11) is -0.105. The first-order chi connectivity index (χ1) is 8.73. The molecule has 6 heteroatoms. The van der Waals surface area contributed by atoms with E-state index in [-0.39, 0.29) is 11.1 Å². The highest BCUT2D eigenvalue weighted by atomic mass is 32.2. The first-order valence-corrected chi connectivity index (χ1v) is 7.10. The van der Waals surface area contributed by atoms with Gasteiger partial charge >= 0.3 is 0 Å². The molecule has 5 nitrogen and oxygen atoms in total. The zero-order valence-electron chi connectivity index (χ0n) is 10.9. The van der Waals surface area contributed by atoms with Crippen molar-refractivity contribution < 1.29 is 17.5 Å². The molecule has 0 saturated carbocycles. The van der Waals surface area contributed by atoms with Gasteiger partial charge in [-0.3, -0.25) is 10.2 Å². The van der Waals surface area contributed by atoms with E-state index in [1.807, 2.05) is 18.2 Å². The molecule has 0 saturated heterocycles. The predicted molar refractivity (Wildman–Crippen MR) is 72.8 cm³/mol. The lowest BCUT2D eigenvalue weighted by Crippen LogP contribution is -2.49. The van der Waals surface area contributed by atoms with Crippen molar-refractivity contribution in [3.63, 3.8) is 0 Å². The van der Waals surface area contributed by atoms with E-state index in [2.05, 4.69) is 20.3 Å². The van der Waals surface area contributed by atoms with Gasteiger partial charge in [0.05, 0.1) is 25.2 Å². The predicted octanol–water partition coefficient (Wildman–Crippen LogP) is 1.02. The minimum Gasteiger partial charge on any atom is -0.744 e. The van der Waals surface area contributed by atoms with E-state index in [4.69, 9.17) is 5.73 Å². The molecule has 0 bridgehead atoms. The van der Waals surface area contributed by atoms with E-state index < -0.39 is 10.1 Å². The molecular formula is C13H18N2O3S. The van der Waals surface area contributed by atoms with Crippen LogP contribution in [0.15, 0.2) is 59.7 Å². The third-order valence-corrected chi connectivity index (χ3v) is 3.54. The van der Waals surface area contributed by atoms with Crippen LogP contribution in [-0.4, -0.2) is 37.7 Å². The van der Waals surface area contributed by atoms with Gasteiger partial charge in [0, 0.05) is 0 Å². The third kappa shape index (κ3) is 4.96. The van der Waals surface area contributed by atoms with E-state index in [1.54, 1.807) is 6.07 Å². The van der Waals surface area contributed by atoms with Crippen LogP contribution in [0, 0.1) is 0 Å². The van der Waals surface area contributed by atoms with Gasteiger partial charge in [-0.05, 0) is 24.3 Å². The van der Waals surface area contributed by atoms with Crippen LogP contribution in [0.4, 0.5) is 0 Å². The minimum absolute atomic E-state index is 0.120. The monoisotopic (exact) mass is 282 g/mol. The SMILES string of the molecule is C[N+]1(C)C=CC=CC1N.O=S(=O)([O-])c1ccccc1. The molecule has 1 aliphatic rings. The average molecular weight is 282 g/mol. The van der Waals surface area contributed by atoms with E-state index in [0.717, 1.165) is 4.48 Å². The maximum Gasteiger partial charge on any atom is 0.163 e. The second-order valence-corrected chi connectivity index (χ2v) is 5.99. The maximum absolute atomic E-state index is 10.3. The highest BCUT2D eigenvalue weighted by Gasteiger charge is 2.20. The van der Waals surface area contributed by atoms with Crippen LogP contribution >= 0.6 is 0 Å². The van der Waals surface area contributed by atoms with Crippen LogP contribution in [0.3, 0.4) is 0 Å². The van der Waals surface area contributed by atoms with Gasteiger partial charge < -0.3 is 4.55 Å². The lowest BCUT2D eigenvalue weighted by Gasteiger charge is -2.31. The van der Waals surface area contributed by atoms with E-state index in [1.165, 1.54) is 24.3 Å². The third-order valence-electron chi connectivity index (χ3n) is 2.69. The molecule has 1 unspecified atom stereocenters. The quantitative estimate of drug-likeness (QED) is 0.616. The fraction of sp³-hybridized carbons (Fsp3) is 0.231. The van der Waals surface area contributed by atoms with E-state index >= 15 is 0 Å². The first-order valence-electron chi connectivity index (χ1n) is 5.69. The minimum atomic E-state index is -4.25. The van der Waals surface area contributed by atoms with Crippen LogP contribution in [0.25, 0.3) is 0 Å². The summed E-state index contributed by atoms with van der Waals surface area (Å²) >= 11 is 0. The highest BCUT2D eigenvalue weighted by molar-refractivity contribution is 7.85. The number of quaternary nitrogens is 1. The summed E-state index contributed by atoms with van der Waals surface area (Å²) in [6.45, 7) is 0. The van der Waals surface area contributed by atoms with Crippen molar-refractivity contribution in [3.05, 3.63) is 54.8 Å². The summed E-state index contributed by atoms with van der Waals surface area (Å²) in [5, 5.41) is 0. The number of nitrogens with two attached hydrogens (primary N) is 1. The fourth-order valence-electron chi connectivity index (χ4n) is 1.36. The molecule has 0 aromatic heterocycles. The van der Waals surface area contributed by atoms with Gasteiger partial charge in [0.1, 0.15) is 10.1 Å². The van der Waals surface area contributed by atoms with Crippen LogP contribution < -0.4 is 5.73 Å². The zero-order chi connectivity index (χ0) is 14.5. The number of hydrogen-bond acceptors (Lipinski definition) is 4. The number of rotatable bonds is 1. The summed E-state index contributed by atoms with van der Waals surface area (Å²) in [4.78, 5) is -0.185. The Bertz CT molecular complexity index is 563. The van der Waals surface area contributed by atoms with Gasteiger partial charge in [-0.2, -0.15) is 0 Å². The molecule has 0 radical (unpaired) electrons. The van der Waals surface area contributed by atoms with Crippen LogP contribution in [0.5, 0.6) is 0 Å². The van der Waals surface area contributed by atoms with Crippen LogP contribution in [0.1, 0.15) is 0 Å². The van der Waals surface area contributed by atoms with Crippen molar-refractivity contribution in [2.75, 3.05) is 14.1 Å². The summed E-state index contributed by atoms with van der Waals surface area (Å²) in [5.41, 5.74) is 5.75. The Morgan fingerprint density at radius 3 is 2.05 bits per heavy atom. The standard InChI is InChI=1S/C7H13N2.C6H6O3S/c1-9(2)6-4-3-5-7(9)8;7-10(8,9)6-4-2-1-3-5-6/h3-7H,8H2,1-2H3;1-5H,(H,7,8,9)/q+1;/p-1. The zero-order valence-corrected chi connectivity index (χ0v) is 11.7. The van der Waals surface area contributed by atoms with Crippen molar-refractivity contribution >= 4 is 10.1 Å². The van der Waals surface area contributed by atoms with Gasteiger partial charge in [-0.25, -0.2) is 8.42 Å². The van der Waals surface area contributed by atoms with Crippen molar-refractivity contribution in [2.45, 2.75) is 11.1 Å². The Hall–Kier alpha value is -1.47. The molecule has 2 rings (SSSR count). The summed E-state index contributed by atoms with van der Waals surface area (Å²) < 4.78 is 31.6. The van der Waals surface area contributed by atoms with E-state index in [0.29, 0.717) is 0 Å². The van der Waals surface area contributed by atoms with Gasteiger partial charge in [0.25, 0.3) is 0 Å². The van der Waals surface area contributed by atoms with Gasteiger partial charge in [-0.1, -0.05) is 24.3 Å². The molecule has 19 heavy (non-hydrogen) atoms. The van der Waals surface area contributed by atoms with Gasteiger partial charge in [0.2, 0.25) is 0 Å². The number of allylic oxidation sites excluding steroid dienone is 2. The lowest BCUT2D eigenvalue weighted by atomic mass is 10.3. The summed E-state index contributed by atoms with van der Waals surface area (Å²) in [6, 6.07) is 7.19.